The smallest absolute Gasteiger partial charge is 0.189 e. The van der Waals surface area contributed by atoms with Crippen LogP contribution in [0, 0.1) is 7.14 Å². The second kappa shape index (κ2) is 21.6. The Morgan fingerprint density at radius 2 is 0.875 bits per heavy atom. The van der Waals surface area contributed by atoms with Crippen LogP contribution >= 0.6 is 45.2 Å². The summed E-state index contributed by atoms with van der Waals surface area (Å²) in [4.78, 5) is 0. The van der Waals surface area contributed by atoms with Crippen molar-refractivity contribution in [1.29, 1.82) is 0 Å². The summed E-state index contributed by atoms with van der Waals surface area (Å²) < 4.78 is 26.5. The molecule has 6 heteroatoms. The molecule has 0 atom stereocenters. The molecule has 4 nitrogen and oxygen atoms in total. The van der Waals surface area contributed by atoms with Gasteiger partial charge in [-0.15, -0.1) is 0 Å². The van der Waals surface area contributed by atoms with E-state index in [0.29, 0.717) is 13.2 Å². The fourth-order valence-corrected chi connectivity index (χ4v) is 8.00. The van der Waals surface area contributed by atoms with Gasteiger partial charge in [-0.25, -0.2) is 0 Å². The van der Waals surface area contributed by atoms with E-state index in [1.54, 1.807) is 0 Å². The highest BCUT2D eigenvalue weighted by Crippen LogP contribution is 2.49. The molecule has 0 saturated carbocycles. The number of rotatable bonds is 23. The van der Waals surface area contributed by atoms with Gasteiger partial charge in [0.15, 0.2) is 13.6 Å². The van der Waals surface area contributed by atoms with Gasteiger partial charge in [0, 0.05) is 24.3 Å². The van der Waals surface area contributed by atoms with E-state index < -0.39 is 0 Å². The van der Waals surface area contributed by atoms with Gasteiger partial charge >= 0.3 is 0 Å². The van der Waals surface area contributed by atoms with Crippen LogP contribution in [0.5, 0.6) is 11.5 Å². The van der Waals surface area contributed by atoms with Gasteiger partial charge in [-0.3, -0.25) is 0 Å². The minimum atomic E-state index is 0.195. The molecule has 0 aliphatic heterocycles. The first-order valence-electron chi connectivity index (χ1n) is 18.4. The molecule has 0 amide bonds. The Balaban J connectivity index is 1.81. The van der Waals surface area contributed by atoms with Crippen LogP contribution in [0.2, 0.25) is 0 Å². The van der Waals surface area contributed by atoms with Crippen LogP contribution in [-0.4, -0.2) is 26.8 Å². The van der Waals surface area contributed by atoms with Gasteiger partial charge in [0.05, 0.1) is 7.14 Å². The van der Waals surface area contributed by atoms with E-state index in [2.05, 4.69) is 108 Å². The van der Waals surface area contributed by atoms with Crippen molar-refractivity contribution in [3.63, 3.8) is 0 Å². The number of halogens is 2. The molecule has 4 rings (SSSR count). The lowest BCUT2D eigenvalue weighted by molar-refractivity contribution is 0.0210. The Morgan fingerprint density at radius 1 is 0.479 bits per heavy atom. The molecule has 0 unspecified atom stereocenters. The van der Waals surface area contributed by atoms with E-state index in [-0.39, 0.29) is 13.6 Å². The quantitative estimate of drug-likeness (QED) is 0.0423. The Kier molecular flexibility index (Phi) is 17.6. The first-order valence-corrected chi connectivity index (χ1v) is 20.6. The average Bonchev–Trinajstić information content (AvgIpc) is 3.08. The van der Waals surface area contributed by atoms with Gasteiger partial charge in [-0.05, 0) is 130 Å². The monoisotopic (exact) mass is 878 g/mol. The fraction of sp³-hybridized carbons (Fsp3) is 0.524. The average molecular weight is 879 g/mol. The molecule has 0 spiro atoms. The van der Waals surface area contributed by atoms with Crippen molar-refractivity contribution in [3.8, 4) is 22.6 Å². The number of unbranched alkanes of at least 4 members (excludes halogenated alkanes) is 10. The second-order valence-corrected chi connectivity index (χ2v) is 15.1. The van der Waals surface area contributed by atoms with E-state index in [1.165, 1.54) is 98.9 Å². The predicted molar refractivity (Wildman–Crippen MR) is 221 cm³/mol. The van der Waals surface area contributed by atoms with Crippen LogP contribution in [0.3, 0.4) is 0 Å². The topological polar surface area (TPSA) is 36.9 Å². The Hall–Kier alpha value is -1.62. The van der Waals surface area contributed by atoms with Crippen LogP contribution in [-0.2, 0) is 22.3 Å². The van der Waals surface area contributed by atoms with E-state index in [4.69, 9.17) is 18.9 Å². The minimum absolute atomic E-state index is 0.195. The van der Waals surface area contributed by atoms with Gasteiger partial charge in [0.1, 0.15) is 11.5 Å². The molecule has 48 heavy (non-hydrogen) atoms. The largest absolute Gasteiger partial charge is 0.466 e. The first kappa shape index (κ1) is 39.2. The lowest BCUT2D eigenvalue weighted by Gasteiger charge is -2.22. The zero-order chi connectivity index (χ0) is 34.1. The molecule has 0 fully saturated rings. The zero-order valence-corrected chi connectivity index (χ0v) is 34.1. The summed E-state index contributed by atoms with van der Waals surface area (Å²) in [5, 5.41) is 4.77. The molecule has 4 aromatic carbocycles. The first-order chi connectivity index (χ1) is 23.5. The van der Waals surface area contributed by atoms with Gasteiger partial charge in [-0.1, -0.05) is 114 Å². The summed E-state index contributed by atoms with van der Waals surface area (Å²) in [5.74, 6) is 1.67. The molecule has 4 aromatic rings. The highest BCUT2D eigenvalue weighted by Gasteiger charge is 2.24. The van der Waals surface area contributed by atoms with Gasteiger partial charge in [-0.2, -0.15) is 0 Å². The molecule has 0 saturated heterocycles. The molecule has 0 aliphatic rings. The third-order valence-electron chi connectivity index (χ3n) is 9.09. The maximum atomic E-state index is 6.48. The molecule has 0 N–H and O–H groups in total. The lowest BCUT2D eigenvalue weighted by atomic mass is 9.90. The zero-order valence-electron chi connectivity index (χ0n) is 29.7. The summed E-state index contributed by atoms with van der Waals surface area (Å²) >= 11 is 4.87. The predicted octanol–water partition coefficient (Wildman–Crippen LogP) is 13.4. The van der Waals surface area contributed by atoms with E-state index in [0.717, 1.165) is 53.4 Å². The van der Waals surface area contributed by atoms with Crippen molar-refractivity contribution in [2.24, 2.45) is 0 Å². The van der Waals surface area contributed by atoms with Crippen LogP contribution < -0.4 is 9.47 Å². The number of hydrogen-bond acceptors (Lipinski definition) is 4. The fourth-order valence-electron chi connectivity index (χ4n) is 6.48. The minimum Gasteiger partial charge on any atom is -0.466 e. The van der Waals surface area contributed by atoms with E-state index in [1.807, 2.05) is 13.8 Å². The van der Waals surface area contributed by atoms with Gasteiger partial charge < -0.3 is 18.9 Å². The highest BCUT2D eigenvalue weighted by atomic mass is 127. The summed E-state index contributed by atoms with van der Waals surface area (Å²) in [6, 6.07) is 18.5. The molecular weight excluding hydrogens is 822 g/mol. The number of aryl methyl sites for hydroxylation is 2. The maximum Gasteiger partial charge on any atom is 0.189 e. The van der Waals surface area contributed by atoms with Crippen molar-refractivity contribution in [3.05, 3.63) is 66.8 Å². The summed E-state index contributed by atoms with van der Waals surface area (Å²) in [5.41, 5.74) is 4.90. The van der Waals surface area contributed by atoms with Crippen LogP contribution in [0.25, 0.3) is 32.7 Å². The van der Waals surface area contributed by atoms with E-state index >= 15 is 0 Å². The van der Waals surface area contributed by atoms with E-state index in [9.17, 15) is 0 Å². The molecule has 0 aliphatic carbocycles. The van der Waals surface area contributed by atoms with Crippen molar-refractivity contribution in [2.75, 3.05) is 26.8 Å². The molecule has 262 valence electrons. The summed E-state index contributed by atoms with van der Waals surface area (Å²) in [6.07, 6.45) is 17.9. The van der Waals surface area contributed by atoms with Crippen molar-refractivity contribution in [1.82, 2.24) is 0 Å². The van der Waals surface area contributed by atoms with Crippen LogP contribution in [0.4, 0.5) is 0 Å². The molecule has 0 aromatic heterocycles. The number of fused-ring (bicyclic) bond motifs is 2. The third kappa shape index (κ3) is 11.2. The molecular formula is C42H56I2O4. The van der Waals surface area contributed by atoms with Crippen LogP contribution in [0.1, 0.15) is 116 Å². The Labute approximate surface area is 317 Å². The summed E-state index contributed by atoms with van der Waals surface area (Å²) in [7, 11) is 0. The third-order valence-corrected chi connectivity index (χ3v) is 10.7. The number of hydrogen-bond donors (Lipinski definition) is 0. The normalized spacial score (nSPS) is 11.5. The number of ether oxygens (including phenoxy) is 4. The maximum absolute atomic E-state index is 6.48. The van der Waals surface area contributed by atoms with Gasteiger partial charge in [0.25, 0.3) is 0 Å². The Bertz CT molecular complexity index is 1450. The lowest BCUT2D eigenvalue weighted by Crippen LogP contribution is -2.08. The molecule has 0 radical (unpaired) electrons. The highest BCUT2D eigenvalue weighted by molar-refractivity contribution is 14.1. The van der Waals surface area contributed by atoms with Crippen molar-refractivity contribution < 1.29 is 18.9 Å². The number of benzene rings is 4. The SMILES string of the molecule is CCCCCCCCc1ccc2c(-c3c(OCOCC)c(I)cc4cc(CCCCCCCC)ccc34)c(OCOCC)c(I)cc2c1. The summed E-state index contributed by atoms with van der Waals surface area (Å²) in [6.45, 7) is 10.1. The molecule has 0 heterocycles. The Morgan fingerprint density at radius 3 is 1.27 bits per heavy atom. The van der Waals surface area contributed by atoms with Gasteiger partial charge in [0.2, 0.25) is 0 Å². The van der Waals surface area contributed by atoms with Crippen LogP contribution in [0.15, 0.2) is 48.5 Å². The standard InChI is InChI=1S/C42H56I2O4/c1-5-9-11-13-15-17-19-31-21-23-35-33(25-31)27-37(43)41(47-29-45-7-3)39(35)40-36-24-22-32(20-18-16-14-12-10-6-2)26-34(36)28-38(44)42(40)48-30-46-8-4/h21-28H,5-20,29-30H2,1-4H3. The van der Waals surface area contributed by atoms with Crippen molar-refractivity contribution in [2.45, 2.75) is 118 Å². The van der Waals surface area contributed by atoms with Crippen molar-refractivity contribution >= 4 is 66.7 Å². The molecule has 0 bridgehead atoms. The second-order valence-electron chi connectivity index (χ2n) is 12.8.